The van der Waals surface area contributed by atoms with Gasteiger partial charge in [0.05, 0.1) is 49.3 Å². The van der Waals surface area contributed by atoms with E-state index in [0.29, 0.717) is 54.2 Å². The molecule has 0 aromatic carbocycles. The number of imidazole rings is 1. The van der Waals surface area contributed by atoms with Gasteiger partial charge in [-0.15, -0.1) is 0 Å². The molecule has 0 amide bonds. The largest absolute Gasteiger partial charge is 0.481 e. The third-order valence-electron chi connectivity index (χ3n) is 5.91. The number of ether oxygens (including phenoxy) is 1. The molecule has 4 aromatic rings. The molecule has 172 valence electrons. The average molecular weight is 455 g/mol. The van der Waals surface area contributed by atoms with Gasteiger partial charge in [-0.2, -0.15) is 5.10 Å². The lowest BCUT2D eigenvalue weighted by Gasteiger charge is -2.27. The lowest BCUT2D eigenvalue weighted by atomic mass is 10.1. The maximum Gasteiger partial charge on any atom is 0.218 e. The average Bonchev–Trinajstić information content (AvgIpc) is 3.56. The molecule has 2 N–H and O–H groups in total. The number of aromatic nitrogens is 6. The summed E-state index contributed by atoms with van der Waals surface area (Å²) in [7, 11) is 1.48. The first-order valence-electron chi connectivity index (χ1n) is 10.7. The van der Waals surface area contributed by atoms with Crippen LogP contribution in [-0.4, -0.2) is 54.9 Å². The van der Waals surface area contributed by atoms with Gasteiger partial charge < -0.3 is 19.7 Å². The molecule has 5 rings (SSSR count). The van der Waals surface area contributed by atoms with Crippen molar-refractivity contribution in [2.24, 2.45) is 0 Å². The number of hydrogen-bond acceptors (Lipinski definition) is 7. The summed E-state index contributed by atoms with van der Waals surface area (Å²) in [5.41, 5.74) is 3.19. The van der Waals surface area contributed by atoms with Crippen molar-refractivity contribution in [1.82, 2.24) is 29.5 Å². The summed E-state index contributed by atoms with van der Waals surface area (Å²) in [6, 6.07) is 1.05. The summed E-state index contributed by atoms with van der Waals surface area (Å²) in [4.78, 5) is 18.0. The van der Waals surface area contributed by atoms with E-state index in [1.165, 1.54) is 23.9 Å². The van der Waals surface area contributed by atoms with Crippen molar-refractivity contribution in [3.8, 4) is 17.1 Å². The van der Waals surface area contributed by atoms with Gasteiger partial charge in [-0.3, -0.25) is 0 Å². The number of aliphatic hydroxyl groups excluding tert-OH is 1. The fraction of sp³-hybridized carbons (Fsp3) is 0.364. The number of H-pyrrole nitrogens is 1. The van der Waals surface area contributed by atoms with Crippen LogP contribution >= 0.6 is 0 Å². The van der Waals surface area contributed by atoms with Gasteiger partial charge >= 0.3 is 0 Å². The summed E-state index contributed by atoms with van der Waals surface area (Å²) < 4.78 is 35.9. The van der Waals surface area contributed by atoms with Gasteiger partial charge in [-0.1, -0.05) is 0 Å². The number of aryl methyl sites for hydroxylation is 1. The van der Waals surface area contributed by atoms with Crippen LogP contribution in [0.5, 0.6) is 5.88 Å². The number of pyridine rings is 1. The van der Waals surface area contributed by atoms with E-state index in [1.807, 2.05) is 4.90 Å². The Bertz CT molecular complexity index is 1290. The Labute approximate surface area is 188 Å². The Morgan fingerprint density at radius 3 is 2.97 bits per heavy atom. The number of rotatable bonds is 7. The Hall–Kier alpha value is -3.60. The van der Waals surface area contributed by atoms with Gasteiger partial charge in [0.2, 0.25) is 5.88 Å². The first-order valence-corrected chi connectivity index (χ1v) is 10.7. The van der Waals surface area contributed by atoms with Gasteiger partial charge in [-0.05, 0) is 31.7 Å². The summed E-state index contributed by atoms with van der Waals surface area (Å²) in [5.74, 6) is -0.543. The maximum absolute atomic E-state index is 15.2. The second-order valence-electron chi connectivity index (χ2n) is 7.90. The van der Waals surface area contributed by atoms with Crippen LogP contribution < -0.4 is 9.64 Å². The number of nitrogens with zero attached hydrogens (tertiary/aromatic N) is 6. The third kappa shape index (κ3) is 3.78. The molecule has 0 radical (unpaired) electrons. The molecule has 0 spiro atoms. The van der Waals surface area contributed by atoms with Crippen molar-refractivity contribution < 1.29 is 18.6 Å². The summed E-state index contributed by atoms with van der Waals surface area (Å²) in [6.07, 6.45) is 8.23. The van der Waals surface area contributed by atoms with Crippen molar-refractivity contribution in [2.45, 2.75) is 31.7 Å². The molecule has 4 aromatic heterocycles. The highest BCUT2D eigenvalue weighted by atomic mass is 19.1. The van der Waals surface area contributed by atoms with Crippen LogP contribution in [0, 0.1) is 11.6 Å². The monoisotopic (exact) mass is 455 g/mol. The third-order valence-corrected chi connectivity index (χ3v) is 5.91. The zero-order valence-corrected chi connectivity index (χ0v) is 18.0. The second-order valence-corrected chi connectivity index (χ2v) is 7.90. The number of fused-ring (bicyclic) bond motifs is 1. The van der Waals surface area contributed by atoms with Crippen molar-refractivity contribution in [3.63, 3.8) is 0 Å². The molecule has 1 aliphatic heterocycles. The number of aliphatic hydroxyl groups is 1. The number of halogens is 2. The Balaban J connectivity index is 1.58. The van der Waals surface area contributed by atoms with Crippen molar-refractivity contribution >= 4 is 11.5 Å². The lowest BCUT2D eigenvalue weighted by Crippen LogP contribution is -2.26. The minimum atomic E-state index is -0.532. The van der Waals surface area contributed by atoms with E-state index in [2.05, 4.69) is 25.0 Å². The summed E-state index contributed by atoms with van der Waals surface area (Å²) in [6.45, 7) is 0.619. The van der Waals surface area contributed by atoms with Crippen LogP contribution in [0.1, 0.15) is 36.6 Å². The SMILES string of the molecule is COc1ncc(F)cc1[C@H]1CCCN1c1nc2c(-c3nc[nH]c3CCCO)cnn2cc1F. The molecule has 0 saturated carbocycles. The molecule has 0 aliphatic carbocycles. The molecule has 11 heteroatoms. The Morgan fingerprint density at radius 1 is 1.27 bits per heavy atom. The lowest BCUT2D eigenvalue weighted by molar-refractivity contribution is 0.288. The van der Waals surface area contributed by atoms with Gasteiger partial charge in [-0.25, -0.2) is 28.2 Å². The zero-order valence-electron chi connectivity index (χ0n) is 18.0. The molecule has 0 bridgehead atoms. The van der Waals surface area contributed by atoms with E-state index in [1.54, 1.807) is 12.5 Å². The van der Waals surface area contributed by atoms with E-state index in [4.69, 9.17) is 4.74 Å². The summed E-state index contributed by atoms with van der Waals surface area (Å²) in [5, 5.41) is 13.4. The van der Waals surface area contributed by atoms with Gasteiger partial charge in [0, 0.05) is 24.4 Å². The van der Waals surface area contributed by atoms with E-state index in [9.17, 15) is 9.50 Å². The molecule has 9 nitrogen and oxygen atoms in total. The Kier molecular flexibility index (Phi) is 5.63. The quantitative estimate of drug-likeness (QED) is 0.441. The molecule has 1 aliphatic rings. The predicted molar refractivity (Wildman–Crippen MR) is 116 cm³/mol. The van der Waals surface area contributed by atoms with Gasteiger partial charge in [0.15, 0.2) is 17.3 Å². The van der Waals surface area contributed by atoms with Gasteiger partial charge in [0.1, 0.15) is 5.82 Å². The van der Waals surface area contributed by atoms with Crippen LogP contribution in [0.15, 0.2) is 31.0 Å². The number of anilines is 1. The molecular weight excluding hydrogens is 432 g/mol. The van der Waals surface area contributed by atoms with Crippen molar-refractivity contribution in [3.05, 3.63) is 53.9 Å². The molecular formula is C22H23F2N7O2. The maximum atomic E-state index is 15.2. The molecule has 0 unspecified atom stereocenters. The van der Waals surface area contributed by atoms with Crippen LogP contribution in [0.25, 0.3) is 16.9 Å². The molecule has 1 atom stereocenters. The van der Waals surface area contributed by atoms with Crippen LogP contribution in [-0.2, 0) is 6.42 Å². The Morgan fingerprint density at radius 2 is 2.15 bits per heavy atom. The molecule has 1 saturated heterocycles. The van der Waals surface area contributed by atoms with E-state index in [0.717, 1.165) is 18.3 Å². The van der Waals surface area contributed by atoms with Crippen LogP contribution in [0.3, 0.4) is 0 Å². The normalized spacial score (nSPS) is 16.1. The number of hydrogen-bond donors (Lipinski definition) is 2. The molecule has 5 heterocycles. The fourth-order valence-corrected chi connectivity index (χ4v) is 4.44. The molecule has 33 heavy (non-hydrogen) atoms. The highest BCUT2D eigenvalue weighted by Gasteiger charge is 2.33. The summed E-state index contributed by atoms with van der Waals surface area (Å²) >= 11 is 0. The molecule has 1 fully saturated rings. The van der Waals surface area contributed by atoms with Crippen LogP contribution in [0.4, 0.5) is 14.6 Å². The zero-order chi connectivity index (χ0) is 22.9. The number of nitrogens with one attached hydrogen (secondary N) is 1. The van der Waals surface area contributed by atoms with E-state index in [-0.39, 0.29) is 18.5 Å². The standard InChI is InChI=1S/C22H23F2N7O2/c1-33-22-14(8-13(23)9-25-22)18-5-2-6-30(18)21-16(24)11-31-20(29-21)15(10-28-31)19-17(4-3-7-32)26-12-27-19/h8-12,18,32H,2-7H2,1H3,(H,26,27)/t18-/m1/s1. The minimum Gasteiger partial charge on any atom is -0.481 e. The first kappa shape index (κ1) is 21.3. The fourth-order valence-electron chi connectivity index (χ4n) is 4.44. The minimum absolute atomic E-state index is 0.0651. The number of methoxy groups -OCH3 is 1. The first-order chi connectivity index (χ1) is 16.1. The van der Waals surface area contributed by atoms with Crippen molar-refractivity contribution in [1.29, 1.82) is 0 Å². The van der Waals surface area contributed by atoms with Gasteiger partial charge in [0.25, 0.3) is 0 Å². The highest BCUT2D eigenvalue weighted by molar-refractivity contribution is 5.77. The van der Waals surface area contributed by atoms with E-state index < -0.39 is 11.6 Å². The second kappa shape index (κ2) is 8.74. The number of aromatic amines is 1. The highest BCUT2D eigenvalue weighted by Crippen LogP contribution is 2.40. The van der Waals surface area contributed by atoms with E-state index >= 15 is 4.39 Å². The smallest absolute Gasteiger partial charge is 0.218 e. The predicted octanol–water partition coefficient (Wildman–Crippen LogP) is 3.07. The topological polar surface area (TPSA) is 104 Å². The van der Waals surface area contributed by atoms with Crippen molar-refractivity contribution in [2.75, 3.05) is 25.2 Å². The van der Waals surface area contributed by atoms with Crippen LogP contribution in [0.2, 0.25) is 0 Å².